The van der Waals surface area contributed by atoms with Crippen LogP contribution in [0.25, 0.3) is 0 Å². The summed E-state index contributed by atoms with van der Waals surface area (Å²) < 4.78 is 5.24. The van der Waals surface area contributed by atoms with E-state index in [1.165, 1.54) is 13.8 Å². The van der Waals surface area contributed by atoms with E-state index in [0.717, 1.165) is 24.2 Å². The van der Waals surface area contributed by atoms with Gasteiger partial charge in [-0.1, -0.05) is 19.3 Å². The summed E-state index contributed by atoms with van der Waals surface area (Å²) in [6, 6.07) is -0.488. The molecule has 1 spiro atoms. The highest BCUT2D eigenvalue weighted by Gasteiger charge is 2.51. The number of ether oxygens (including phenoxy) is 1. The van der Waals surface area contributed by atoms with E-state index in [4.69, 9.17) is 4.74 Å². The lowest BCUT2D eigenvalue weighted by molar-refractivity contribution is -0.146. The van der Waals surface area contributed by atoms with Crippen molar-refractivity contribution in [2.75, 3.05) is 6.54 Å². The van der Waals surface area contributed by atoms with E-state index in [2.05, 4.69) is 10.3 Å². The molecule has 1 aliphatic carbocycles. The van der Waals surface area contributed by atoms with Crippen molar-refractivity contribution in [1.29, 1.82) is 0 Å². The smallest absolute Gasteiger partial charge is 0.325 e. The van der Waals surface area contributed by atoms with Crippen molar-refractivity contribution in [2.24, 2.45) is 0 Å². The minimum absolute atomic E-state index is 0.0959. The number of aromatic amines is 1. The van der Waals surface area contributed by atoms with Gasteiger partial charge in [-0.25, -0.2) is 4.79 Å². The molecule has 1 unspecified atom stereocenters. The molecule has 168 valence electrons. The molecule has 9 heteroatoms. The summed E-state index contributed by atoms with van der Waals surface area (Å²) in [5, 5.41) is 2.80. The van der Waals surface area contributed by atoms with Crippen molar-refractivity contribution in [3.63, 3.8) is 0 Å². The second kappa shape index (κ2) is 8.64. The number of carbonyl (C=O) groups is 5. The van der Waals surface area contributed by atoms with Crippen LogP contribution in [0.2, 0.25) is 0 Å². The van der Waals surface area contributed by atoms with Crippen molar-refractivity contribution in [2.45, 2.75) is 77.9 Å². The molecule has 9 nitrogen and oxygen atoms in total. The first-order valence-corrected chi connectivity index (χ1v) is 10.7. The van der Waals surface area contributed by atoms with Gasteiger partial charge in [-0.05, 0) is 46.1 Å². The number of carbonyl (C=O) groups excluding carboxylic acids is 5. The van der Waals surface area contributed by atoms with Crippen molar-refractivity contribution >= 4 is 29.5 Å². The molecule has 1 atom stereocenters. The third-order valence-electron chi connectivity index (χ3n) is 6.21. The number of nitrogens with one attached hydrogen (secondary N) is 2. The van der Waals surface area contributed by atoms with Gasteiger partial charge in [-0.2, -0.15) is 0 Å². The number of Topliss-reactive ketones (excluding diaryl/α,β-unsaturated/α-hetero) is 2. The van der Waals surface area contributed by atoms with E-state index >= 15 is 0 Å². The number of urea groups is 1. The molecule has 1 aromatic rings. The first-order valence-electron chi connectivity index (χ1n) is 10.7. The van der Waals surface area contributed by atoms with Gasteiger partial charge in [-0.15, -0.1) is 0 Å². The Bertz CT molecular complexity index is 941. The van der Waals surface area contributed by atoms with Crippen molar-refractivity contribution in [3.05, 3.63) is 22.5 Å². The SMILES string of the molecule is CC(=O)c1c(C)[nH]c(C(=O)C(C)OC(=O)CCN2C(=O)NC3(CCCCC3)C2=O)c1C. The third-order valence-corrected chi connectivity index (χ3v) is 6.21. The summed E-state index contributed by atoms with van der Waals surface area (Å²) >= 11 is 0. The highest BCUT2D eigenvalue weighted by Crippen LogP contribution is 2.33. The molecule has 2 N–H and O–H groups in total. The second-order valence-electron chi connectivity index (χ2n) is 8.46. The molecule has 3 rings (SSSR count). The summed E-state index contributed by atoms with van der Waals surface area (Å²) in [5.41, 5.74) is 0.963. The van der Waals surface area contributed by atoms with E-state index in [0.29, 0.717) is 29.7 Å². The normalized spacial score (nSPS) is 18.8. The van der Waals surface area contributed by atoms with Crippen LogP contribution in [0.4, 0.5) is 4.79 Å². The Morgan fingerprint density at radius 1 is 1.13 bits per heavy atom. The molecule has 1 saturated heterocycles. The maximum atomic E-state index is 12.8. The number of nitrogens with zero attached hydrogens (tertiary/aromatic N) is 1. The monoisotopic (exact) mass is 431 g/mol. The number of imide groups is 1. The fourth-order valence-corrected chi connectivity index (χ4v) is 4.61. The molecule has 31 heavy (non-hydrogen) atoms. The van der Waals surface area contributed by atoms with Crippen LogP contribution in [0, 0.1) is 13.8 Å². The predicted octanol–water partition coefficient (Wildman–Crippen LogP) is 2.59. The topological polar surface area (TPSA) is 126 Å². The third kappa shape index (κ3) is 4.26. The number of hydrogen-bond acceptors (Lipinski definition) is 6. The van der Waals surface area contributed by atoms with Crippen LogP contribution in [0.1, 0.15) is 84.5 Å². The number of aromatic nitrogens is 1. The van der Waals surface area contributed by atoms with Crippen molar-refractivity contribution in [3.8, 4) is 0 Å². The van der Waals surface area contributed by atoms with E-state index in [1.807, 2.05) is 0 Å². The summed E-state index contributed by atoms with van der Waals surface area (Å²) in [4.78, 5) is 65.7. The summed E-state index contributed by atoms with van der Waals surface area (Å²) in [7, 11) is 0. The van der Waals surface area contributed by atoms with Crippen LogP contribution in [-0.4, -0.2) is 57.5 Å². The van der Waals surface area contributed by atoms with Gasteiger partial charge >= 0.3 is 12.0 Å². The molecule has 0 bridgehead atoms. The van der Waals surface area contributed by atoms with E-state index in [9.17, 15) is 24.0 Å². The van der Waals surface area contributed by atoms with Gasteiger partial charge in [0.15, 0.2) is 11.9 Å². The molecule has 2 fully saturated rings. The fourth-order valence-electron chi connectivity index (χ4n) is 4.61. The minimum Gasteiger partial charge on any atom is -0.454 e. The standard InChI is InChI=1S/C22H29N3O6/c1-12-17(14(3)26)13(2)23-18(12)19(28)15(4)31-16(27)8-11-25-20(29)22(24-21(25)30)9-6-5-7-10-22/h15,23H,5-11H2,1-4H3,(H,24,30). The van der Waals surface area contributed by atoms with E-state index in [-0.39, 0.29) is 30.3 Å². The largest absolute Gasteiger partial charge is 0.454 e. The minimum atomic E-state index is -1.07. The van der Waals surface area contributed by atoms with E-state index < -0.39 is 29.4 Å². The molecular weight excluding hydrogens is 402 g/mol. The van der Waals surface area contributed by atoms with Crippen LogP contribution >= 0.6 is 0 Å². The second-order valence-corrected chi connectivity index (χ2v) is 8.46. The number of amides is 3. The molecule has 1 saturated carbocycles. The lowest BCUT2D eigenvalue weighted by Crippen LogP contribution is -2.48. The van der Waals surface area contributed by atoms with Crippen molar-refractivity contribution < 1.29 is 28.7 Å². The molecular formula is C22H29N3O6. The summed E-state index contributed by atoms with van der Waals surface area (Å²) in [5.74, 6) is -1.57. The summed E-state index contributed by atoms with van der Waals surface area (Å²) in [6.07, 6.45) is 2.75. The quantitative estimate of drug-likeness (QED) is 0.388. The first-order chi connectivity index (χ1) is 14.6. The Kier molecular flexibility index (Phi) is 6.33. The Labute approximate surface area is 180 Å². The molecule has 1 aromatic heterocycles. The van der Waals surface area contributed by atoms with Crippen LogP contribution in [-0.2, 0) is 14.3 Å². The predicted molar refractivity (Wildman–Crippen MR) is 111 cm³/mol. The van der Waals surface area contributed by atoms with Crippen LogP contribution in [0.3, 0.4) is 0 Å². The van der Waals surface area contributed by atoms with Gasteiger partial charge in [0.05, 0.1) is 12.1 Å². The Balaban J connectivity index is 1.58. The Morgan fingerprint density at radius 3 is 2.35 bits per heavy atom. The van der Waals surface area contributed by atoms with E-state index in [1.54, 1.807) is 13.8 Å². The van der Waals surface area contributed by atoms with Gasteiger partial charge in [0, 0.05) is 17.8 Å². The van der Waals surface area contributed by atoms with Crippen molar-refractivity contribution in [1.82, 2.24) is 15.2 Å². The number of ketones is 2. The lowest BCUT2D eigenvalue weighted by atomic mass is 9.82. The van der Waals surface area contributed by atoms with Gasteiger partial charge in [0.2, 0.25) is 5.78 Å². The number of aryl methyl sites for hydroxylation is 1. The zero-order valence-electron chi connectivity index (χ0n) is 18.4. The zero-order chi connectivity index (χ0) is 22.9. The maximum Gasteiger partial charge on any atom is 0.325 e. The average Bonchev–Trinajstić information content (AvgIpc) is 3.12. The Hall–Kier alpha value is -2.97. The fraction of sp³-hybridized carbons (Fsp3) is 0.591. The zero-order valence-corrected chi connectivity index (χ0v) is 18.4. The Morgan fingerprint density at radius 2 is 1.77 bits per heavy atom. The average molecular weight is 431 g/mol. The number of esters is 1. The molecule has 3 amide bonds. The summed E-state index contributed by atoms with van der Waals surface area (Å²) in [6.45, 7) is 6.15. The molecule has 1 aliphatic heterocycles. The number of hydrogen-bond donors (Lipinski definition) is 2. The van der Waals surface area contributed by atoms with Gasteiger partial charge in [-0.3, -0.25) is 24.1 Å². The van der Waals surface area contributed by atoms with Crippen LogP contribution in [0.5, 0.6) is 0 Å². The first kappa shape index (κ1) is 22.7. The molecule has 2 heterocycles. The molecule has 0 radical (unpaired) electrons. The van der Waals surface area contributed by atoms with Gasteiger partial charge < -0.3 is 15.0 Å². The molecule has 0 aromatic carbocycles. The van der Waals surface area contributed by atoms with Gasteiger partial charge in [0.25, 0.3) is 5.91 Å². The number of H-pyrrole nitrogens is 1. The van der Waals surface area contributed by atoms with Gasteiger partial charge in [0.1, 0.15) is 5.54 Å². The lowest BCUT2D eigenvalue weighted by Gasteiger charge is -2.30. The molecule has 2 aliphatic rings. The van der Waals surface area contributed by atoms with Crippen LogP contribution < -0.4 is 5.32 Å². The number of rotatable bonds is 7. The van der Waals surface area contributed by atoms with Crippen LogP contribution in [0.15, 0.2) is 0 Å². The highest BCUT2D eigenvalue weighted by molar-refractivity contribution is 6.07. The highest BCUT2D eigenvalue weighted by atomic mass is 16.5. The maximum absolute atomic E-state index is 12.8.